The van der Waals surface area contributed by atoms with Crippen LogP contribution in [0.15, 0.2) is 75.1 Å². The van der Waals surface area contributed by atoms with E-state index in [1.807, 2.05) is 0 Å². The van der Waals surface area contributed by atoms with Crippen LogP contribution < -0.4 is 9.25 Å². The van der Waals surface area contributed by atoms with Gasteiger partial charge in [0.2, 0.25) is 0 Å². The molecule has 0 bridgehead atoms. The summed E-state index contributed by atoms with van der Waals surface area (Å²) in [5.74, 6) is 0. The fourth-order valence-corrected chi connectivity index (χ4v) is 9.44. The van der Waals surface area contributed by atoms with Gasteiger partial charge in [-0.3, -0.25) is 0 Å². The number of carboxylic acid groups (broad SMARTS) is 1. The Hall–Kier alpha value is -2.97. The number of rotatable bonds is 6. The van der Waals surface area contributed by atoms with Gasteiger partial charge in [-0.1, -0.05) is 36.4 Å². The lowest BCUT2D eigenvalue weighted by Crippen LogP contribution is -2.45. The van der Waals surface area contributed by atoms with Crippen LogP contribution in [0.3, 0.4) is 0 Å². The largest absolute Gasteiger partial charge is 0.465 e. The number of carbonyl (C=O) groups is 1. The second-order valence-corrected chi connectivity index (χ2v) is 13.9. The second kappa shape index (κ2) is 8.91. The molecular formula is C22H19N3O6S4. The summed E-state index contributed by atoms with van der Waals surface area (Å²) >= 11 is 2.07. The van der Waals surface area contributed by atoms with Crippen LogP contribution in [0.5, 0.6) is 0 Å². The van der Waals surface area contributed by atoms with E-state index in [-0.39, 0.29) is 27.2 Å². The lowest BCUT2D eigenvalue weighted by molar-refractivity contribution is 0.140. The number of amides is 1. The van der Waals surface area contributed by atoms with Gasteiger partial charge < -0.3 is 10.0 Å². The number of benzene rings is 2. The number of nitrogens with one attached hydrogen (secondary N) is 1. The molecule has 0 radical (unpaired) electrons. The van der Waals surface area contributed by atoms with Crippen molar-refractivity contribution in [1.82, 2.24) is 9.73 Å². The molecule has 1 amide bonds. The van der Waals surface area contributed by atoms with Crippen molar-refractivity contribution in [2.75, 3.05) is 11.0 Å². The molecule has 0 unspecified atom stereocenters. The molecule has 4 aromatic rings. The van der Waals surface area contributed by atoms with Crippen LogP contribution >= 0.6 is 22.7 Å². The lowest BCUT2D eigenvalue weighted by Gasteiger charge is -2.23. The third-order valence-corrected chi connectivity index (χ3v) is 11.8. The number of hydrogen-bond acceptors (Lipinski definition) is 7. The summed E-state index contributed by atoms with van der Waals surface area (Å²) in [7, 11) is -8.61. The summed E-state index contributed by atoms with van der Waals surface area (Å²) in [5.41, 5.74) is 0.721. The number of nitrogens with zero attached hydrogens (tertiary/aromatic N) is 2. The predicted molar refractivity (Wildman–Crippen MR) is 135 cm³/mol. The van der Waals surface area contributed by atoms with Crippen molar-refractivity contribution in [2.45, 2.75) is 21.4 Å². The molecule has 0 atom stereocenters. The number of fused-ring (bicyclic) bond motifs is 2. The monoisotopic (exact) mass is 549 g/mol. The van der Waals surface area contributed by atoms with Crippen molar-refractivity contribution >= 4 is 64.6 Å². The quantitative estimate of drug-likeness (QED) is 0.349. The molecule has 2 N–H and O–H groups in total. The second-order valence-electron chi connectivity index (χ2n) is 7.77. The molecule has 1 aliphatic rings. The van der Waals surface area contributed by atoms with Crippen molar-refractivity contribution in [3.05, 3.63) is 77.2 Å². The highest BCUT2D eigenvalue weighted by molar-refractivity contribution is 7.97. The molecule has 35 heavy (non-hydrogen) atoms. The molecule has 2 aromatic heterocycles. The van der Waals surface area contributed by atoms with E-state index in [1.54, 1.807) is 42.5 Å². The SMILES string of the molecule is O=C(O)N1CCc2sc(S(=O)(=O)N(NS(=O)(=O)c3cc4ccccc4s3)c3ccccc3)cc2C1. The number of hydrogen-bond donors (Lipinski definition) is 2. The van der Waals surface area contributed by atoms with Crippen LogP contribution in [0.2, 0.25) is 0 Å². The number of hydrazine groups is 1. The molecule has 9 nitrogen and oxygen atoms in total. The van der Waals surface area contributed by atoms with Crippen molar-refractivity contribution < 1.29 is 26.7 Å². The van der Waals surface area contributed by atoms with Gasteiger partial charge in [-0.05, 0) is 47.7 Å². The maximum Gasteiger partial charge on any atom is 0.407 e. The minimum Gasteiger partial charge on any atom is -0.465 e. The van der Waals surface area contributed by atoms with E-state index < -0.39 is 26.1 Å². The van der Waals surface area contributed by atoms with Crippen LogP contribution in [0.4, 0.5) is 10.5 Å². The van der Waals surface area contributed by atoms with Crippen molar-refractivity contribution in [2.24, 2.45) is 0 Å². The van der Waals surface area contributed by atoms with E-state index in [2.05, 4.69) is 4.83 Å². The van der Waals surface area contributed by atoms with Crippen LogP contribution in [0.25, 0.3) is 10.1 Å². The smallest absolute Gasteiger partial charge is 0.407 e. The van der Waals surface area contributed by atoms with Gasteiger partial charge in [-0.2, -0.15) is 12.8 Å². The molecule has 13 heteroatoms. The lowest BCUT2D eigenvalue weighted by atomic mass is 10.1. The first-order valence-electron chi connectivity index (χ1n) is 10.4. The van der Waals surface area contributed by atoms with Gasteiger partial charge in [0.15, 0.2) is 0 Å². The zero-order valence-corrected chi connectivity index (χ0v) is 21.3. The van der Waals surface area contributed by atoms with Gasteiger partial charge >= 0.3 is 6.09 Å². The molecule has 0 saturated carbocycles. The van der Waals surface area contributed by atoms with Gasteiger partial charge in [0.05, 0.1) is 12.2 Å². The molecule has 0 aliphatic carbocycles. The van der Waals surface area contributed by atoms with Gasteiger partial charge in [-0.25, -0.2) is 13.2 Å². The van der Waals surface area contributed by atoms with Crippen molar-refractivity contribution in [3.8, 4) is 0 Å². The minimum atomic E-state index is -4.36. The van der Waals surface area contributed by atoms with Gasteiger partial charge in [0.25, 0.3) is 20.0 Å². The van der Waals surface area contributed by atoms with E-state index in [1.165, 1.54) is 29.2 Å². The molecule has 0 fully saturated rings. The maximum absolute atomic E-state index is 13.7. The maximum atomic E-state index is 13.7. The number of para-hydroxylation sites is 1. The molecule has 5 rings (SSSR count). The average molecular weight is 550 g/mol. The number of sulfonamides is 2. The molecular weight excluding hydrogens is 531 g/mol. The third kappa shape index (κ3) is 4.52. The Bertz CT molecular complexity index is 1590. The van der Waals surface area contributed by atoms with Gasteiger partial charge in [-0.15, -0.1) is 27.5 Å². The summed E-state index contributed by atoms with van der Waals surface area (Å²) in [4.78, 5) is 15.6. The van der Waals surface area contributed by atoms with E-state index in [4.69, 9.17) is 0 Å². The summed E-state index contributed by atoms with van der Waals surface area (Å²) in [6.45, 7) is 0.346. The summed E-state index contributed by atoms with van der Waals surface area (Å²) in [6, 6.07) is 18.0. The molecule has 0 saturated heterocycles. The van der Waals surface area contributed by atoms with Gasteiger partial charge in [0.1, 0.15) is 8.42 Å². The molecule has 0 spiro atoms. The Balaban J connectivity index is 1.54. The first kappa shape index (κ1) is 23.8. The zero-order chi connectivity index (χ0) is 24.8. The number of thiophene rings is 2. The summed E-state index contributed by atoms with van der Waals surface area (Å²) < 4.78 is 55.4. The summed E-state index contributed by atoms with van der Waals surface area (Å²) in [5, 5.41) is 10.0. The highest BCUT2D eigenvalue weighted by Gasteiger charge is 2.34. The van der Waals surface area contributed by atoms with Gasteiger partial charge in [0, 0.05) is 16.1 Å². The van der Waals surface area contributed by atoms with Crippen LogP contribution in [-0.4, -0.2) is 39.5 Å². The predicted octanol–water partition coefficient (Wildman–Crippen LogP) is 4.09. The molecule has 3 heterocycles. The normalized spacial score (nSPS) is 14.1. The fourth-order valence-electron chi connectivity index (χ4n) is 3.73. The molecule has 1 aliphatic heterocycles. The first-order chi connectivity index (χ1) is 16.6. The van der Waals surface area contributed by atoms with Crippen LogP contribution in [0.1, 0.15) is 10.4 Å². The summed E-state index contributed by atoms with van der Waals surface area (Å²) in [6.07, 6.45) is -0.686. The van der Waals surface area contributed by atoms with Crippen LogP contribution in [-0.2, 0) is 33.0 Å². The Labute approximate surface area is 209 Å². The first-order valence-corrected chi connectivity index (χ1v) is 14.9. The highest BCUT2D eigenvalue weighted by Crippen LogP contribution is 2.35. The third-order valence-electron chi connectivity index (χ3n) is 5.47. The van der Waals surface area contributed by atoms with E-state index >= 15 is 0 Å². The van der Waals surface area contributed by atoms with E-state index in [0.717, 1.165) is 37.6 Å². The number of anilines is 1. The molecule has 2 aromatic carbocycles. The van der Waals surface area contributed by atoms with E-state index in [9.17, 15) is 26.7 Å². The Morgan fingerprint density at radius 1 is 0.943 bits per heavy atom. The Morgan fingerprint density at radius 2 is 1.66 bits per heavy atom. The van der Waals surface area contributed by atoms with Crippen molar-refractivity contribution in [3.63, 3.8) is 0 Å². The Kier molecular flexibility index (Phi) is 6.05. The highest BCUT2D eigenvalue weighted by atomic mass is 32.3. The van der Waals surface area contributed by atoms with E-state index in [0.29, 0.717) is 16.4 Å². The zero-order valence-electron chi connectivity index (χ0n) is 18.0. The minimum absolute atomic E-state index is 0.0163. The van der Waals surface area contributed by atoms with Crippen molar-refractivity contribution in [1.29, 1.82) is 0 Å². The standard InChI is InChI=1S/C22H19N3O6S4/c26-22(27)24-11-10-19-16(14-24)13-21(33-19)35(30,31)25(17-7-2-1-3-8-17)23-34(28,29)20-12-15-6-4-5-9-18(15)32-20/h1-9,12-13,23H,10-11,14H2,(H,26,27). The molecule has 182 valence electrons. The Morgan fingerprint density at radius 3 is 2.37 bits per heavy atom. The average Bonchev–Trinajstić information content (AvgIpc) is 3.48. The topological polar surface area (TPSA) is 124 Å². The fraction of sp³-hybridized carbons (Fsp3) is 0.136. The van der Waals surface area contributed by atoms with Crippen LogP contribution in [0, 0.1) is 0 Å².